The number of halogens is 3. The molecule has 0 heterocycles. The van der Waals surface area contributed by atoms with E-state index in [2.05, 4.69) is 65.3 Å². The van der Waals surface area contributed by atoms with Gasteiger partial charge in [-0.1, -0.05) is 30.3 Å². The Bertz CT molecular complexity index is 352. The van der Waals surface area contributed by atoms with Crippen LogP contribution in [0.4, 0.5) is 4.79 Å². The Kier molecular flexibility index (Phi) is 13.8. The molecule has 1 rings (SSSR count). The van der Waals surface area contributed by atoms with Crippen LogP contribution in [0.15, 0.2) is 30.3 Å². The van der Waals surface area contributed by atoms with Crippen LogP contribution in [0.5, 0.6) is 0 Å². The molecule has 0 saturated heterocycles. The fraction of sp³-hybridized carbons (Fsp3) is 0.364. The minimum atomic E-state index is -0.434. The number of ether oxygens (including phenoxy) is 1. The third kappa shape index (κ3) is 13.9. The molecule has 1 atom stereocenters. The number of rotatable bonds is 4. The van der Waals surface area contributed by atoms with Crippen molar-refractivity contribution in [3.05, 3.63) is 35.9 Å². The molecule has 0 radical (unpaired) electrons. The van der Waals surface area contributed by atoms with E-state index in [1.54, 1.807) is 0 Å². The number of amides is 1. The van der Waals surface area contributed by atoms with Gasteiger partial charge in [-0.05, 0) is 12.5 Å². The summed E-state index contributed by atoms with van der Waals surface area (Å²) in [5, 5.41) is 2.61. The zero-order valence-electron chi connectivity index (χ0n) is 10.4. The SMILES string of the molecule is C[C@H](CN)NC(=O)OCc1ccccc1.[I][V]([I])[I]. The van der Waals surface area contributed by atoms with Gasteiger partial charge in [-0.15, -0.1) is 0 Å². The molecule has 4 nitrogen and oxygen atoms in total. The van der Waals surface area contributed by atoms with E-state index in [-0.39, 0.29) is 17.6 Å². The van der Waals surface area contributed by atoms with Gasteiger partial charge in [-0.25, -0.2) is 4.79 Å². The van der Waals surface area contributed by atoms with E-state index >= 15 is 0 Å². The van der Waals surface area contributed by atoms with E-state index in [1.165, 1.54) is 0 Å². The van der Waals surface area contributed by atoms with Crippen LogP contribution in [0.1, 0.15) is 12.5 Å². The molecule has 1 amide bonds. The minimum absolute atomic E-state index is 0.0618. The van der Waals surface area contributed by atoms with Gasteiger partial charge < -0.3 is 15.8 Å². The Hall–Kier alpha value is 1.22. The summed E-state index contributed by atoms with van der Waals surface area (Å²) in [5.74, 6) is 0. The summed E-state index contributed by atoms with van der Waals surface area (Å²) >= 11 is 7.39. The molecule has 0 aromatic heterocycles. The van der Waals surface area contributed by atoms with Crippen molar-refractivity contribution >= 4 is 66.0 Å². The van der Waals surface area contributed by atoms with Crippen LogP contribution in [0.3, 0.4) is 0 Å². The number of benzene rings is 1. The van der Waals surface area contributed by atoms with Crippen LogP contribution in [0.25, 0.3) is 0 Å². The van der Waals surface area contributed by atoms with Gasteiger partial charge in [0, 0.05) is 12.6 Å². The van der Waals surface area contributed by atoms with Gasteiger partial charge in [-0.3, -0.25) is 0 Å². The van der Waals surface area contributed by atoms with Gasteiger partial charge >= 0.3 is 71.0 Å². The van der Waals surface area contributed by atoms with E-state index in [1.807, 2.05) is 37.3 Å². The molecule has 0 aliphatic heterocycles. The predicted octanol–water partition coefficient (Wildman–Crippen LogP) is 3.91. The van der Waals surface area contributed by atoms with Crippen molar-refractivity contribution in [2.45, 2.75) is 19.6 Å². The summed E-state index contributed by atoms with van der Waals surface area (Å²) in [5.41, 5.74) is 6.32. The normalized spacial score (nSPS) is 11.3. The number of carbonyl (C=O) groups is 1. The van der Waals surface area contributed by atoms with E-state index < -0.39 is 6.09 Å². The summed E-state index contributed by atoms with van der Waals surface area (Å²) in [6.45, 7) is 2.51. The predicted molar refractivity (Wildman–Crippen MR) is 100 cm³/mol. The summed E-state index contributed by atoms with van der Waals surface area (Å²) in [7, 11) is 0. The van der Waals surface area contributed by atoms with Crippen molar-refractivity contribution < 1.29 is 14.5 Å². The van der Waals surface area contributed by atoms with E-state index in [9.17, 15) is 4.79 Å². The second-order valence-corrected chi connectivity index (χ2v) is 38.9. The molecule has 19 heavy (non-hydrogen) atoms. The van der Waals surface area contributed by atoms with E-state index in [4.69, 9.17) is 10.5 Å². The molecular formula is C11H16I3N2O2V. The zero-order chi connectivity index (χ0) is 14.7. The molecule has 8 heteroatoms. The average Bonchev–Trinajstić information content (AvgIpc) is 2.37. The summed E-state index contributed by atoms with van der Waals surface area (Å²) < 4.78 is 4.99. The van der Waals surface area contributed by atoms with Gasteiger partial charge in [0.1, 0.15) is 6.61 Å². The van der Waals surface area contributed by atoms with Crippen LogP contribution in [0.2, 0.25) is 0 Å². The Morgan fingerprint density at radius 1 is 1.37 bits per heavy atom. The first-order valence-corrected chi connectivity index (χ1v) is 18.9. The maximum absolute atomic E-state index is 11.2. The summed E-state index contributed by atoms with van der Waals surface area (Å²) in [6.07, 6.45) is -0.434. The van der Waals surface area contributed by atoms with Crippen LogP contribution in [-0.4, -0.2) is 18.7 Å². The first kappa shape index (κ1) is 20.2. The van der Waals surface area contributed by atoms with Crippen LogP contribution >= 0.6 is 59.9 Å². The van der Waals surface area contributed by atoms with Crippen molar-refractivity contribution in [1.29, 1.82) is 0 Å². The monoisotopic (exact) mass is 640 g/mol. The fourth-order valence-electron chi connectivity index (χ4n) is 1.02. The fourth-order valence-corrected chi connectivity index (χ4v) is 1.02. The van der Waals surface area contributed by atoms with Crippen molar-refractivity contribution in [2.24, 2.45) is 5.73 Å². The van der Waals surface area contributed by atoms with E-state index in [0.29, 0.717) is 6.54 Å². The molecule has 0 bridgehead atoms. The molecule has 0 aliphatic rings. The van der Waals surface area contributed by atoms with Gasteiger partial charge in [0.25, 0.3) is 0 Å². The number of alkyl carbamates (subject to hydrolysis) is 1. The number of nitrogens with one attached hydrogen (secondary N) is 1. The molecule has 0 saturated carbocycles. The van der Waals surface area contributed by atoms with Crippen molar-refractivity contribution in [3.8, 4) is 0 Å². The standard InChI is InChI=1S/C11H16N2O2.3HI.V/c1-9(7-12)13-11(14)15-8-10-5-3-2-4-6-10;;;;/h2-6,9H,7-8,12H2,1H3,(H,13,14);3*1H;/q;;;;+3/p-3/t9-;;;;/m1..../s1. The van der Waals surface area contributed by atoms with Gasteiger partial charge in [0.05, 0.1) is 0 Å². The molecule has 3 N–H and O–H groups in total. The van der Waals surface area contributed by atoms with Crippen LogP contribution < -0.4 is 11.1 Å². The molecule has 1 aromatic rings. The molecule has 0 fully saturated rings. The molecule has 0 aliphatic carbocycles. The average molecular weight is 640 g/mol. The number of hydrogen-bond acceptors (Lipinski definition) is 3. The topological polar surface area (TPSA) is 64.3 Å². The maximum atomic E-state index is 11.2. The van der Waals surface area contributed by atoms with Gasteiger partial charge in [-0.2, -0.15) is 0 Å². The second kappa shape index (κ2) is 12.9. The number of nitrogens with two attached hydrogens (primary N) is 1. The number of hydrogen-bond donors (Lipinski definition) is 2. The second-order valence-electron chi connectivity index (χ2n) is 3.53. The molecule has 0 unspecified atom stereocenters. The van der Waals surface area contributed by atoms with E-state index in [0.717, 1.165) is 5.56 Å². The third-order valence-corrected chi connectivity index (χ3v) is 1.93. The first-order chi connectivity index (χ1) is 8.95. The Balaban J connectivity index is 0.000000711. The number of carbonyl (C=O) groups excluding carboxylic acids is 1. The Morgan fingerprint density at radius 3 is 2.37 bits per heavy atom. The van der Waals surface area contributed by atoms with Crippen LogP contribution in [0, 0.1) is 0 Å². The molecule has 0 spiro atoms. The van der Waals surface area contributed by atoms with Crippen molar-refractivity contribution in [2.75, 3.05) is 6.54 Å². The zero-order valence-corrected chi connectivity index (χ0v) is 18.2. The molecule has 1 aromatic carbocycles. The van der Waals surface area contributed by atoms with Crippen LogP contribution in [-0.2, 0) is 16.3 Å². The molecular weight excluding hydrogens is 624 g/mol. The Labute approximate surface area is 151 Å². The quantitative estimate of drug-likeness (QED) is 0.492. The van der Waals surface area contributed by atoms with Crippen molar-refractivity contribution in [3.63, 3.8) is 0 Å². The summed E-state index contributed by atoms with van der Waals surface area (Å²) in [6, 6.07) is 9.46. The Morgan fingerprint density at radius 2 is 1.89 bits per heavy atom. The van der Waals surface area contributed by atoms with Gasteiger partial charge in [0.15, 0.2) is 0 Å². The molecule has 108 valence electrons. The van der Waals surface area contributed by atoms with Gasteiger partial charge in [0.2, 0.25) is 0 Å². The first-order valence-electron chi connectivity index (χ1n) is 5.40. The summed E-state index contributed by atoms with van der Waals surface area (Å²) in [4.78, 5) is 10.9. The van der Waals surface area contributed by atoms with Crippen molar-refractivity contribution in [1.82, 2.24) is 5.32 Å². The third-order valence-electron chi connectivity index (χ3n) is 1.93.